The number of aliphatic hydroxyl groups is 2. The molecule has 0 radical (unpaired) electrons. The minimum atomic E-state index is -1.93. The largest absolute Gasteiger partial charge is 0.497 e. The van der Waals surface area contributed by atoms with Crippen LogP contribution in [0.15, 0.2) is 114 Å². The van der Waals surface area contributed by atoms with Crippen LogP contribution in [-0.2, 0) is 28.3 Å². The first-order valence-corrected chi connectivity index (χ1v) is 15.9. The number of fused-ring (bicyclic) bond motifs is 2. The molecule has 0 fully saturated rings. The van der Waals surface area contributed by atoms with E-state index in [9.17, 15) is 24.6 Å². The molecular weight excluding hydrogens is 608 g/mol. The van der Waals surface area contributed by atoms with E-state index in [1.807, 2.05) is 72.8 Å². The lowest BCUT2D eigenvalue weighted by atomic mass is 9.83. The van der Waals surface area contributed by atoms with Gasteiger partial charge in [-0.15, -0.1) is 0 Å². The number of rotatable bonds is 12. The van der Waals surface area contributed by atoms with Gasteiger partial charge in [0.05, 0.1) is 42.5 Å². The first-order valence-electron chi connectivity index (χ1n) is 15.9. The van der Waals surface area contributed by atoms with Crippen LogP contribution in [0.2, 0.25) is 0 Å². The van der Waals surface area contributed by atoms with E-state index in [1.54, 1.807) is 53.1 Å². The fourth-order valence-corrected chi connectivity index (χ4v) is 6.29. The molecule has 1 aliphatic rings. The SMILES string of the molecule is COc1ccc2c(c1)[C@](O)([C@@H](C)/C=C/CC(=O)N(CCO)Cc1ccccc1)C(=O)N2Cc1cccc(-n2[nH]c3ccccc3c2=O)c1. The van der Waals surface area contributed by atoms with Crippen molar-refractivity contribution in [3.05, 3.63) is 136 Å². The highest BCUT2D eigenvalue weighted by molar-refractivity contribution is 6.07. The van der Waals surface area contributed by atoms with Gasteiger partial charge in [0.2, 0.25) is 5.91 Å². The summed E-state index contributed by atoms with van der Waals surface area (Å²) < 4.78 is 6.92. The number of para-hydroxylation sites is 1. The third-order valence-corrected chi connectivity index (χ3v) is 8.89. The number of amides is 2. The standard InChI is InChI=1S/C38H38N4O6/c1-26(10-8-17-35(44)40(20-21-43)24-27-11-4-3-5-12-27)38(47)32-23-30(48-2)18-19-34(32)41(37(38)46)25-28-13-9-14-29(22-28)42-36(45)31-15-6-7-16-33(31)39-42/h3-16,18-19,22-23,26,39,43,47H,17,20-21,24-25H2,1-2H3/b10-8+/t26-,38+/m0/s1. The molecule has 0 spiro atoms. The fraction of sp³-hybridized carbons (Fsp3) is 0.237. The van der Waals surface area contributed by atoms with Gasteiger partial charge in [0.25, 0.3) is 11.5 Å². The maximum absolute atomic E-state index is 14.2. The van der Waals surface area contributed by atoms with Gasteiger partial charge >= 0.3 is 0 Å². The van der Waals surface area contributed by atoms with Crippen LogP contribution in [0, 0.1) is 5.92 Å². The van der Waals surface area contributed by atoms with Gasteiger partial charge in [-0.2, -0.15) is 0 Å². The number of carbonyl (C=O) groups excluding carboxylic acids is 2. The van der Waals surface area contributed by atoms with Crippen molar-refractivity contribution in [1.29, 1.82) is 0 Å². The summed E-state index contributed by atoms with van der Waals surface area (Å²) in [6.07, 6.45) is 3.39. The van der Waals surface area contributed by atoms with E-state index in [0.29, 0.717) is 34.6 Å². The van der Waals surface area contributed by atoms with Crippen molar-refractivity contribution in [3.8, 4) is 11.4 Å². The van der Waals surface area contributed by atoms with Crippen LogP contribution < -0.4 is 15.2 Å². The van der Waals surface area contributed by atoms with Crippen LogP contribution >= 0.6 is 0 Å². The van der Waals surface area contributed by atoms with Gasteiger partial charge in [0.1, 0.15) is 5.75 Å². The molecule has 0 aliphatic carbocycles. The zero-order valence-corrected chi connectivity index (χ0v) is 26.9. The summed E-state index contributed by atoms with van der Waals surface area (Å²) in [5, 5.41) is 25.4. The van der Waals surface area contributed by atoms with Crippen LogP contribution in [-0.4, -0.2) is 57.0 Å². The number of carbonyl (C=O) groups is 2. The number of benzene rings is 4. The van der Waals surface area contributed by atoms with Gasteiger partial charge in [0.15, 0.2) is 5.60 Å². The molecule has 2 heterocycles. The molecule has 5 aromatic rings. The topological polar surface area (TPSA) is 128 Å². The number of hydrogen-bond donors (Lipinski definition) is 3. The smallest absolute Gasteiger partial charge is 0.279 e. The van der Waals surface area contributed by atoms with Crippen LogP contribution in [0.3, 0.4) is 0 Å². The van der Waals surface area contributed by atoms with Crippen LogP contribution in [0.1, 0.15) is 30.0 Å². The van der Waals surface area contributed by atoms with Crippen LogP contribution in [0.25, 0.3) is 16.6 Å². The summed E-state index contributed by atoms with van der Waals surface area (Å²) in [5.41, 5.74) is 1.90. The normalized spacial score (nSPS) is 16.4. The van der Waals surface area contributed by atoms with Gasteiger partial charge < -0.3 is 24.7 Å². The summed E-state index contributed by atoms with van der Waals surface area (Å²) in [6.45, 7) is 2.28. The van der Waals surface area contributed by atoms with Crippen LogP contribution in [0.5, 0.6) is 5.75 Å². The van der Waals surface area contributed by atoms with Crippen molar-refractivity contribution < 1.29 is 24.5 Å². The Kier molecular flexibility index (Phi) is 9.29. The second-order valence-electron chi connectivity index (χ2n) is 12.0. The van der Waals surface area contributed by atoms with Gasteiger partial charge in [0, 0.05) is 31.0 Å². The number of hydrogen-bond acceptors (Lipinski definition) is 6. The first kappa shape index (κ1) is 32.5. The Morgan fingerprint density at radius 1 is 0.979 bits per heavy atom. The molecule has 4 aromatic carbocycles. The number of aromatic nitrogens is 2. The van der Waals surface area contributed by atoms with Gasteiger partial charge in [-0.25, -0.2) is 4.68 Å². The molecule has 1 aromatic heterocycles. The maximum Gasteiger partial charge on any atom is 0.279 e. The zero-order valence-electron chi connectivity index (χ0n) is 26.9. The second-order valence-corrected chi connectivity index (χ2v) is 12.0. The van der Waals surface area contributed by atoms with E-state index >= 15 is 0 Å². The molecule has 2 amide bonds. The Morgan fingerprint density at radius 3 is 2.48 bits per heavy atom. The molecular formula is C38H38N4O6. The predicted octanol–water partition coefficient (Wildman–Crippen LogP) is 4.67. The number of nitrogens with zero attached hydrogens (tertiary/aromatic N) is 3. The number of nitrogens with one attached hydrogen (secondary N) is 1. The highest BCUT2D eigenvalue weighted by Crippen LogP contribution is 2.47. The molecule has 6 rings (SSSR count). The van der Waals surface area contributed by atoms with E-state index in [4.69, 9.17) is 4.74 Å². The maximum atomic E-state index is 14.2. The lowest BCUT2D eigenvalue weighted by Gasteiger charge is -2.28. The number of aliphatic hydroxyl groups excluding tert-OH is 1. The second kappa shape index (κ2) is 13.7. The highest BCUT2D eigenvalue weighted by Gasteiger charge is 2.52. The third-order valence-electron chi connectivity index (χ3n) is 8.89. The summed E-state index contributed by atoms with van der Waals surface area (Å²) in [4.78, 5) is 43.5. The van der Waals surface area contributed by atoms with Gasteiger partial charge in [-0.3, -0.25) is 19.5 Å². The van der Waals surface area contributed by atoms with E-state index in [1.165, 1.54) is 11.8 Å². The van der Waals surface area contributed by atoms with Gasteiger partial charge in [-0.1, -0.05) is 73.7 Å². The number of aromatic amines is 1. The summed E-state index contributed by atoms with van der Waals surface area (Å²) >= 11 is 0. The Hall–Kier alpha value is -5.45. The van der Waals surface area contributed by atoms with Crippen LogP contribution in [0.4, 0.5) is 5.69 Å². The Labute approximate surface area is 278 Å². The lowest BCUT2D eigenvalue weighted by molar-refractivity contribution is -0.139. The van der Waals surface area contributed by atoms with Crippen molar-refractivity contribution in [1.82, 2.24) is 14.7 Å². The molecule has 10 heteroatoms. The molecule has 0 bridgehead atoms. The van der Waals surface area contributed by atoms with Crippen molar-refractivity contribution in [2.45, 2.75) is 32.0 Å². The average molecular weight is 647 g/mol. The zero-order chi connectivity index (χ0) is 33.8. The van der Waals surface area contributed by atoms with E-state index in [-0.39, 0.29) is 37.6 Å². The minimum absolute atomic E-state index is 0.0377. The number of H-pyrrole nitrogens is 1. The van der Waals surface area contributed by atoms with Crippen molar-refractivity contribution in [2.75, 3.05) is 25.2 Å². The van der Waals surface area contributed by atoms with Crippen molar-refractivity contribution >= 4 is 28.4 Å². The number of methoxy groups -OCH3 is 1. The molecule has 1 aliphatic heterocycles. The fourth-order valence-electron chi connectivity index (χ4n) is 6.29. The molecule has 0 unspecified atom stereocenters. The average Bonchev–Trinajstić information content (AvgIpc) is 3.55. The van der Waals surface area contributed by atoms with Crippen molar-refractivity contribution in [3.63, 3.8) is 0 Å². The summed E-state index contributed by atoms with van der Waals surface area (Å²) in [7, 11) is 1.52. The minimum Gasteiger partial charge on any atom is -0.497 e. The quantitative estimate of drug-likeness (QED) is 0.169. The Balaban J connectivity index is 1.24. The first-order chi connectivity index (χ1) is 23.2. The Bertz CT molecular complexity index is 2030. The molecule has 246 valence electrons. The van der Waals surface area contributed by atoms with Gasteiger partial charge in [-0.05, 0) is 53.6 Å². The highest BCUT2D eigenvalue weighted by atomic mass is 16.5. The molecule has 3 N–H and O–H groups in total. The third kappa shape index (κ3) is 6.15. The predicted molar refractivity (Wildman–Crippen MR) is 184 cm³/mol. The number of ether oxygens (including phenoxy) is 1. The molecule has 2 atom stereocenters. The summed E-state index contributed by atoms with van der Waals surface area (Å²) in [6, 6.07) is 29.4. The molecule has 0 saturated carbocycles. The van der Waals surface area contributed by atoms with Crippen molar-refractivity contribution in [2.24, 2.45) is 5.92 Å². The van der Waals surface area contributed by atoms with E-state index < -0.39 is 17.4 Å². The monoisotopic (exact) mass is 646 g/mol. The van der Waals surface area contributed by atoms with E-state index in [0.717, 1.165) is 16.6 Å². The number of anilines is 1. The lowest BCUT2D eigenvalue weighted by Crippen LogP contribution is -2.44. The molecule has 48 heavy (non-hydrogen) atoms. The molecule has 0 saturated heterocycles. The molecule has 10 nitrogen and oxygen atoms in total. The van der Waals surface area contributed by atoms with E-state index in [2.05, 4.69) is 5.10 Å². The Morgan fingerprint density at radius 2 is 1.73 bits per heavy atom. The summed E-state index contributed by atoms with van der Waals surface area (Å²) in [5.74, 6) is -0.897.